The third-order valence-electron chi connectivity index (χ3n) is 5.65. The molecule has 2 aliphatic rings. The van der Waals surface area contributed by atoms with Crippen LogP contribution in [-0.2, 0) is 16.0 Å². The lowest BCUT2D eigenvalue weighted by molar-refractivity contribution is -0.384. The molecule has 0 unspecified atom stereocenters. The summed E-state index contributed by atoms with van der Waals surface area (Å²) in [5, 5.41) is 11.0. The van der Waals surface area contributed by atoms with Gasteiger partial charge >= 0.3 is 0 Å². The zero-order valence-electron chi connectivity index (χ0n) is 16.6. The van der Waals surface area contributed by atoms with E-state index in [9.17, 15) is 19.7 Å². The molecule has 2 amide bonds. The van der Waals surface area contributed by atoms with E-state index in [4.69, 9.17) is 0 Å². The van der Waals surface area contributed by atoms with Gasteiger partial charge in [0, 0.05) is 31.8 Å². The van der Waals surface area contributed by atoms with Crippen LogP contribution in [0.15, 0.2) is 60.3 Å². The van der Waals surface area contributed by atoms with E-state index in [2.05, 4.69) is 0 Å². The molecule has 0 N–H and O–H groups in total. The third-order valence-corrected chi connectivity index (χ3v) is 5.65. The van der Waals surface area contributed by atoms with Crippen molar-refractivity contribution in [2.24, 2.45) is 0 Å². The molecule has 4 rings (SSSR count). The fraction of sp³-hybridized carbons (Fsp3) is 0.304. The summed E-state index contributed by atoms with van der Waals surface area (Å²) in [6.45, 7) is 1.77. The Balaban J connectivity index is 1.66. The Kier molecular flexibility index (Phi) is 5.61. The molecular formula is C23H23N3O4. The molecular weight excluding hydrogens is 382 g/mol. The molecule has 7 nitrogen and oxygen atoms in total. The van der Waals surface area contributed by atoms with Gasteiger partial charge in [-0.25, -0.2) is 0 Å². The molecule has 0 spiro atoms. The maximum absolute atomic E-state index is 13.3. The molecule has 2 aliphatic heterocycles. The third kappa shape index (κ3) is 3.83. The smallest absolute Gasteiger partial charge is 0.277 e. The molecule has 2 heterocycles. The molecule has 7 heteroatoms. The second kappa shape index (κ2) is 8.49. The summed E-state index contributed by atoms with van der Waals surface area (Å²) in [7, 11) is 0. The van der Waals surface area contributed by atoms with Gasteiger partial charge in [0.1, 0.15) is 5.70 Å². The van der Waals surface area contributed by atoms with Gasteiger partial charge in [-0.3, -0.25) is 24.6 Å². The highest BCUT2D eigenvalue weighted by molar-refractivity contribution is 6.35. The number of likely N-dealkylation sites (tertiary alicyclic amines) is 1. The van der Waals surface area contributed by atoms with Crippen molar-refractivity contribution in [2.75, 3.05) is 19.6 Å². The zero-order chi connectivity index (χ0) is 21.1. The zero-order valence-corrected chi connectivity index (χ0v) is 16.6. The van der Waals surface area contributed by atoms with E-state index >= 15 is 0 Å². The molecule has 1 saturated heterocycles. The fourth-order valence-electron chi connectivity index (χ4n) is 4.07. The van der Waals surface area contributed by atoms with Crippen molar-refractivity contribution in [3.05, 3.63) is 81.5 Å². The van der Waals surface area contributed by atoms with Crippen LogP contribution in [0.1, 0.15) is 30.4 Å². The van der Waals surface area contributed by atoms with Gasteiger partial charge in [0.2, 0.25) is 0 Å². The average Bonchev–Trinajstić information content (AvgIpc) is 3.03. The van der Waals surface area contributed by atoms with Crippen molar-refractivity contribution in [1.29, 1.82) is 0 Å². The van der Waals surface area contributed by atoms with E-state index in [-0.39, 0.29) is 17.5 Å². The summed E-state index contributed by atoms with van der Waals surface area (Å²) in [6.07, 6.45) is 3.64. The lowest BCUT2D eigenvalue weighted by Crippen LogP contribution is -2.38. The molecule has 0 saturated carbocycles. The highest BCUT2D eigenvalue weighted by atomic mass is 16.6. The lowest BCUT2D eigenvalue weighted by atomic mass is 10.0. The number of hydrogen-bond donors (Lipinski definition) is 0. The molecule has 0 atom stereocenters. The van der Waals surface area contributed by atoms with Gasteiger partial charge in [0.15, 0.2) is 0 Å². The fourth-order valence-corrected chi connectivity index (χ4v) is 4.07. The Morgan fingerprint density at radius 2 is 1.53 bits per heavy atom. The van der Waals surface area contributed by atoms with Crippen LogP contribution in [0.2, 0.25) is 0 Å². The van der Waals surface area contributed by atoms with Gasteiger partial charge in [-0.2, -0.15) is 0 Å². The number of amides is 2. The SMILES string of the molecule is O=C1C(c2ccc([N+](=O)[O-])cc2)=C(N2CCCCC2)C(=O)N1CCc1ccccc1. The number of hydrogen-bond acceptors (Lipinski definition) is 5. The van der Waals surface area contributed by atoms with Crippen molar-refractivity contribution in [3.8, 4) is 0 Å². The van der Waals surface area contributed by atoms with E-state index in [0.29, 0.717) is 29.8 Å². The van der Waals surface area contributed by atoms with Crippen molar-refractivity contribution in [1.82, 2.24) is 9.80 Å². The lowest BCUT2D eigenvalue weighted by Gasteiger charge is -2.29. The first-order valence-corrected chi connectivity index (χ1v) is 10.2. The van der Waals surface area contributed by atoms with Crippen LogP contribution in [0.3, 0.4) is 0 Å². The van der Waals surface area contributed by atoms with Crippen LogP contribution < -0.4 is 0 Å². The molecule has 2 aromatic rings. The summed E-state index contributed by atoms with van der Waals surface area (Å²) in [5.41, 5.74) is 2.34. The summed E-state index contributed by atoms with van der Waals surface area (Å²) in [6, 6.07) is 15.6. The van der Waals surface area contributed by atoms with Gasteiger partial charge in [-0.1, -0.05) is 30.3 Å². The summed E-state index contributed by atoms with van der Waals surface area (Å²) in [4.78, 5) is 40.4. The summed E-state index contributed by atoms with van der Waals surface area (Å²) < 4.78 is 0. The quantitative estimate of drug-likeness (QED) is 0.418. The van der Waals surface area contributed by atoms with E-state index in [1.807, 2.05) is 35.2 Å². The molecule has 30 heavy (non-hydrogen) atoms. The highest BCUT2D eigenvalue weighted by Crippen LogP contribution is 2.33. The van der Waals surface area contributed by atoms with Crippen LogP contribution in [0.25, 0.3) is 5.57 Å². The highest BCUT2D eigenvalue weighted by Gasteiger charge is 2.41. The van der Waals surface area contributed by atoms with E-state index < -0.39 is 4.92 Å². The number of carbonyl (C=O) groups is 2. The Morgan fingerprint density at radius 3 is 2.17 bits per heavy atom. The van der Waals surface area contributed by atoms with Gasteiger partial charge in [0.05, 0.1) is 10.5 Å². The van der Waals surface area contributed by atoms with Gasteiger partial charge in [-0.05, 0) is 48.9 Å². The minimum atomic E-state index is -0.475. The monoisotopic (exact) mass is 405 g/mol. The Labute approximate surface area is 174 Å². The van der Waals surface area contributed by atoms with Crippen molar-refractivity contribution in [2.45, 2.75) is 25.7 Å². The minimum absolute atomic E-state index is 0.0448. The number of nitrogens with zero attached hydrogens (tertiary/aromatic N) is 3. The van der Waals surface area contributed by atoms with Crippen LogP contribution in [0.5, 0.6) is 0 Å². The molecule has 0 radical (unpaired) electrons. The Hall–Kier alpha value is -3.48. The van der Waals surface area contributed by atoms with E-state index in [1.165, 1.54) is 17.0 Å². The summed E-state index contributed by atoms with van der Waals surface area (Å²) in [5.74, 6) is -0.600. The van der Waals surface area contributed by atoms with Gasteiger partial charge in [0.25, 0.3) is 17.5 Å². The standard InChI is InChI=1S/C23H23N3O4/c27-22-20(18-9-11-19(12-10-18)26(29)30)21(24-14-5-2-6-15-24)23(28)25(22)16-13-17-7-3-1-4-8-17/h1,3-4,7-12H,2,5-6,13-16H2. The van der Waals surface area contributed by atoms with Crippen LogP contribution in [0, 0.1) is 10.1 Å². The van der Waals surface area contributed by atoms with Gasteiger partial charge < -0.3 is 4.90 Å². The number of piperidine rings is 1. The minimum Gasteiger partial charge on any atom is -0.366 e. The van der Waals surface area contributed by atoms with E-state index in [1.54, 1.807) is 12.1 Å². The molecule has 1 fully saturated rings. The van der Waals surface area contributed by atoms with Crippen molar-refractivity contribution in [3.63, 3.8) is 0 Å². The maximum atomic E-state index is 13.3. The number of imide groups is 1. The number of non-ortho nitro benzene ring substituents is 1. The number of benzene rings is 2. The first-order chi connectivity index (χ1) is 14.6. The molecule has 0 aliphatic carbocycles. The first kappa shape index (κ1) is 19.8. The van der Waals surface area contributed by atoms with Crippen molar-refractivity contribution < 1.29 is 14.5 Å². The Bertz CT molecular complexity index is 993. The van der Waals surface area contributed by atoms with Gasteiger partial charge in [-0.15, -0.1) is 0 Å². The topological polar surface area (TPSA) is 83.8 Å². The number of rotatable bonds is 6. The molecule has 2 aromatic carbocycles. The first-order valence-electron chi connectivity index (χ1n) is 10.2. The van der Waals surface area contributed by atoms with Crippen molar-refractivity contribution >= 4 is 23.1 Å². The second-order valence-corrected chi connectivity index (χ2v) is 7.57. The summed E-state index contributed by atoms with van der Waals surface area (Å²) >= 11 is 0. The van der Waals surface area contributed by atoms with Crippen LogP contribution in [0.4, 0.5) is 5.69 Å². The number of nitro groups is 1. The predicted octanol–water partition coefficient (Wildman–Crippen LogP) is 3.40. The predicted molar refractivity (Wildman–Crippen MR) is 112 cm³/mol. The van der Waals surface area contributed by atoms with E-state index in [0.717, 1.165) is 37.9 Å². The molecule has 154 valence electrons. The number of carbonyl (C=O) groups excluding carboxylic acids is 2. The second-order valence-electron chi connectivity index (χ2n) is 7.57. The van der Waals surface area contributed by atoms with Crippen LogP contribution >= 0.6 is 0 Å². The normalized spacial score (nSPS) is 17.1. The molecule has 0 bridgehead atoms. The maximum Gasteiger partial charge on any atom is 0.277 e. The Morgan fingerprint density at radius 1 is 0.867 bits per heavy atom. The average molecular weight is 405 g/mol. The largest absolute Gasteiger partial charge is 0.366 e. The molecule has 0 aromatic heterocycles. The van der Waals surface area contributed by atoms with Crippen LogP contribution in [-0.4, -0.2) is 46.2 Å². The number of nitro benzene ring substituents is 1.